The van der Waals surface area contributed by atoms with Gasteiger partial charge in [-0.25, -0.2) is 0 Å². The third-order valence-electron chi connectivity index (χ3n) is 3.49. The molecule has 0 aliphatic carbocycles. The standard InChI is InChI=1S/C15H27N5O6S/c1-7(18-13(23)9(16)4-5-27-3)12(22)20-10(6-11(17)21)14(24)19-8(2)15(25)26/h7-10H,4-6,16H2,1-3H3,(H2,17,21)(H,18,23)(H,19,24)(H,20,22)(H,25,26). The first-order valence-corrected chi connectivity index (χ1v) is 9.55. The maximum Gasteiger partial charge on any atom is 0.325 e. The molecule has 0 aliphatic heterocycles. The van der Waals surface area contributed by atoms with Crippen LogP contribution in [0.4, 0.5) is 0 Å². The minimum Gasteiger partial charge on any atom is -0.480 e. The van der Waals surface area contributed by atoms with Crippen molar-refractivity contribution >= 4 is 41.4 Å². The van der Waals surface area contributed by atoms with E-state index in [1.807, 2.05) is 6.26 Å². The van der Waals surface area contributed by atoms with Crippen LogP contribution in [0.3, 0.4) is 0 Å². The van der Waals surface area contributed by atoms with Crippen molar-refractivity contribution < 1.29 is 29.1 Å². The molecule has 0 saturated carbocycles. The zero-order valence-electron chi connectivity index (χ0n) is 15.5. The molecule has 4 unspecified atom stereocenters. The second-order valence-corrected chi connectivity index (χ2v) is 6.90. The van der Waals surface area contributed by atoms with Gasteiger partial charge in [0, 0.05) is 0 Å². The summed E-state index contributed by atoms with van der Waals surface area (Å²) in [5, 5.41) is 15.7. The lowest BCUT2D eigenvalue weighted by atomic mass is 10.1. The second kappa shape index (κ2) is 12.1. The number of rotatable bonds is 12. The number of carboxylic acids is 1. The number of carbonyl (C=O) groups excluding carboxylic acids is 4. The van der Waals surface area contributed by atoms with Gasteiger partial charge in [0.1, 0.15) is 18.1 Å². The minimum absolute atomic E-state index is 0.432. The molecular formula is C15H27N5O6S. The normalized spacial score (nSPS) is 15.0. The van der Waals surface area contributed by atoms with Crippen LogP contribution in [0.1, 0.15) is 26.7 Å². The van der Waals surface area contributed by atoms with Gasteiger partial charge in [-0.3, -0.25) is 24.0 Å². The fourth-order valence-corrected chi connectivity index (χ4v) is 2.33. The zero-order chi connectivity index (χ0) is 21.1. The van der Waals surface area contributed by atoms with E-state index < -0.39 is 60.2 Å². The molecule has 0 spiro atoms. The molecule has 0 aromatic rings. The van der Waals surface area contributed by atoms with Crippen LogP contribution >= 0.6 is 11.8 Å². The van der Waals surface area contributed by atoms with Crippen LogP contribution in [-0.2, 0) is 24.0 Å². The number of thioether (sulfide) groups is 1. The second-order valence-electron chi connectivity index (χ2n) is 5.92. The van der Waals surface area contributed by atoms with E-state index in [1.165, 1.54) is 25.6 Å². The summed E-state index contributed by atoms with van der Waals surface area (Å²) in [5.41, 5.74) is 10.8. The van der Waals surface area contributed by atoms with E-state index in [2.05, 4.69) is 16.0 Å². The Balaban J connectivity index is 4.87. The Morgan fingerprint density at radius 1 is 0.963 bits per heavy atom. The van der Waals surface area contributed by atoms with Crippen LogP contribution in [0.25, 0.3) is 0 Å². The summed E-state index contributed by atoms with van der Waals surface area (Å²) in [4.78, 5) is 58.2. The number of nitrogens with two attached hydrogens (primary N) is 2. The third-order valence-corrected chi connectivity index (χ3v) is 4.13. The molecule has 0 aliphatic rings. The Hall–Kier alpha value is -2.34. The molecule has 0 fully saturated rings. The summed E-state index contributed by atoms with van der Waals surface area (Å²) in [6, 6.07) is -4.41. The third kappa shape index (κ3) is 9.80. The fourth-order valence-electron chi connectivity index (χ4n) is 1.84. The topological polar surface area (TPSA) is 194 Å². The Kier molecular flexibility index (Phi) is 11.1. The molecule has 0 bridgehead atoms. The van der Waals surface area contributed by atoms with Crippen LogP contribution in [0.5, 0.6) is 0 Å². The highest BCUT2D eigenvalue weighted by Gasteiger charge is 2.28. The van der Waals surface area contributed by atoms with Crippen LogP contribution in [0.2, 0.25) is 0 Å². The number of hydrogen-bond acceptors (Lipinski definition) is 7. The first kappa shape index (κ1) is 24.7. The maximum atomic E-state index is 12.2. The van der Waals surface area contributed by atoms with Gasteiger partial charge in [0.05, 0.1) is 12.5 Å². The van der Waals surface area contributed by atoms with Crippen LogP contribution in [0, 0.1) is 0 Å². The lowest BCUT2D eigenvalue weighted by Gasteiger charge is -2.22. The summed E-state index contributed by atoms with van der Waals surface area (Å²) >= 11 is 1.53. The van der Waals surface area contributed by atoms with Gasteiger partial charge in [-0.15, -0.1) is 0 Å². The first-order chi connectivity index (χ1) is 12.5. The van der Waals surface area contributed by atoms with Crippen molar-refractivity contribution in [3.05, 3.63) is 0 Å². The van der Waals surface area contributed by atoms with Crippen LogP contribution < -0.4 is 27.4 Å². The van der Waals surface area contributed by atoms with Gasteiger partial charge >= 0.3 is 5.97 Å². The highest BCUT2D eigenvalue weighted by molar-refractivity contribution is 7.98. The fraction of sp³-hybridized carbons (Fsp3) is 0.667. The van der Waals surface area contributed by atoms with Gasteiger partial charge in [-0.1, -0.05) is 0 Å². The highest BCUT2D eigenvalue weighted by atomic mass is 32.2. The predicted octanol–water partition coefficient (Wildman–Crippen LogP) is -2.48. The summed E-state index contributed by atoms with van der Waals surface area (Å²) in [6.07, 6.45) is 1.77. The van der Waals surface area contributed by atoms with Crippen molar-refractivity contribution in [3.8, 4) is 0 Å². The Labute approximate surface area is 161 Å². The van der Waals surface area contributed by atoms with E-state index >= 15 is 0 Å². The van der Waals surface area contributed by atoms with E-state index in [0.717, 1.165) is 0 Å². The number of nitrogens with one attached hydrogen (secondary N) is 3. The predicted molar refractivity (Wildman–Crippen MR) is 99.6 cm³/mol. The van der Waals surface area contributed by atoms with Gasteiger partial charge in [0.25, 0.3) is 0 Å². The molecule has 4 atom stereocenters. The molecule has 0 rings (SSSR count). The summed E-state index contributed by atoms with van der Waals surface area (Å²) < 4.78 is 0. The molecule has 12 heteroatoms. The zero-order valence-corrected chi connectivity index (χ0v) is 16.3. The number of aliphatic carboxylic acids is 1. The first-order valence-electron chi connectivity index (χ1n) is 8.16. The van der Waals surface area contributed by atoms with E-state index in [9.17, 15) is 24.0 Å². The van der Waals surface area contributed by atoms with Crippen LogP contribution in [-0.4, -0.2) is 70.9 Å². The average Bonchev–Trinajstić information content (AvgIpc) is 2.57. The van der Waals surface area contributed by atoms with Gasteiger partial charge < -0.3 is 32.5 Å². The summed E-state index contributed by atoms with van der Waals surface area (Å²) in [5.74, 6) is -3.63. The Morgan fingerprint density at radius 3 is 2.00 bits per heavy atom. The number of amides is 4. The molecule has 11 nitrogen and oxygen atoms in total. The largest absolute Gasteiger partial charge is 0.480 e. The molecular weight excluding hydrogens is 378 g/mol. The Bertz CT molecular complexity index is 573. The monoisotopic (exact) mass is 405 g/mol. The molecule has 0 heterocycles. The molecule has 8 N–H and O–H groups in total. The SMILES string of the molecule is CSCCC(N)C(=O)NC(C)C(=O)NC(CC(N)=O)C(=O)NC(C)C(=O)O. The summed E-state index contributed by atoms with van der Waals surface area (Å²) in [6.45, 7) is 2.61. The average molecular weight is 405 g/mol. The van der Waals surface area contributed by atoms with E-state index in [1.54, 1.807) is 0 Å². The lowest BCUT2D eigenvalue weighted by molar-refractivity contribution is -0.142. The van der Waals surface area contributed by atoms with Crippen molar-refractivity contribution in [2.45, 2.75) is 50.9 Å². The lowest BCUT2D eigenvalue weighted by Crippen LogP contribution is -2.56. The van der Waals surface area contributed by atoms with Gasteiger partial charge in [0.15, 0.2) is 0 Å². The van der Waals surface area contributed by atoms with Crippen molar-refractivity contribution in [1.82, 2.24) is 16.0 Å². The number of carbonyl (C=O) groups is 5. The van der Waals surface area contributed by atoms with E-state index in [0.29, 0.717) is 12.2 Å². The summed E-state index contributed by atoms with van der Waals surface area (Å²) in [7, 11) is 0. The van der Waals surface area contributed by atoms with E-state index in [4.69, 9.17) is 16.6 Å². The minimum atomic E-state index is -1.37. The Morgan fingerprint density at radius 2 is 1.52 bits per heavy atom. The van der Waals surface area contributed by atoms with E-state index in [-0.39, 0.29) is 0 Å². The molecule has 0 radical (unpaired) electrons. The van der Waals surface area contributed by atoms with Crippen LogP contribution in [0.15, 0.2) is 0 Å². The number of hydrogen-bond donors (Lipinski definition) is 6. The molecule has 0 saturated heterocycles. The van der Waals surface area contributed by atoms with Crippen molar-refractivity contribution in [2.24, 2.45) is 11.5 Å². The van der Waals surface area contributed by atoms with Crippen molar-refractivity contribution in [3.63, 3.8) is 0 Å². The smallest absolute Gasteiger partial charge is 0.325 e. The van der Waals surface area contributed by atoms with Crippen molar-refractivity contribution in [2.75, 3.05) is 12.0 Å². The maximum absolute atomic E-state index is 12.2. The molecule has 154 valence electrons. The molecule has 27 heavy (non-hydrogen) atoms. The van der Waals surface area contributed by atoms with Gasteiger partial charge in [-0.2, -0.15) is 11.8 Å². The highest BCUT2D eigenvalue weighted by Crippen LogP contribution is 2.00. The number of primary amides is 1. The van der Waals surface area contributed by atoms with Crippen molar-refractivity contribution in [1.29, 1.82) is 0 Å². The molecule has 4 amide bonds. The molecule has 0 aromatic carbocycles. The molecule has 0 aromatic heterocycles. The number of carboxylic acid groups (broad SMARTS) is 1. The van der Waals surface area contributed by atoms with Gasteiger partial charge in [-0.05, 0) is 32.3 Å². The quantitative estimate of drug-likeness (QED) is 0.205. The van der Waals surface area contributed by atoms with Gasteiger partial charge in [0.2, 0.25) is 23.6 Å².